The summed E-state index contributed by atoms with van der Waals surface area (Å²) in [6.07, 6.45) is 5.52. The summed E-state index contributed by atoms with van der Waals surface area (Å²) in [5.74, 6) is 1.84. The van der Waals surface area contributed by atoms with Crippen LogP contribution in [0.5, 0.6) is 0 Å². The highest BCUT2D eigenvalue weighted by molar-refractivity contribution is 5.80. The Balaban J connectivity index is 1.92. The quantitative estimate of drug-likeness (QED) is 0.684. The van der Waals surface area contributed by atoms with Crippen LogP contribution in [-0.2, 0) is 6.42 Å². The van der Waals surface area contributed by atoms with Gasteiger partial charge in [-0.15, -0.1) is 0 Å². The summed E-state index contributed by atoms with van der Waals surface area (Å²) >= 11 is 0. The fourth-order valence-electron chi connectivity index (χ4n) is 2.74. The predicted octanol–water partition coefficient (Wildman–Crippen LogP) is 2.63. The van der Waals surface area contributed by atoms with E-state index in [1.807, 2.05) is 13.1 Å². The molecule has 0 aromatic carbocycles. The largest absolute Gasteiger partial charge is 0.357 e. The number of nitrogens with zero attached hydrogens (tertiary/aromatic N) is 3. The average Bonchev–Trinajstić information content (AvgIpc) is 2.48. The maximum Gasteiger partial charge on any atom is 0.193 e. The molecule has 4 nitrogen and oxygen atoms in total. The van der Waals surface area contributed by atoms with Gasteiger partial charge in [0.25, 0.3) is 0 Å². The first-order valence-electron chi connectivity index (χ1n) is 8.14. The Morgan fingerprint density at radius 1 is 1.48 bits per heavy atom. The first-order chi connectivity index (χ1) is 10.2. The van der Waals surface area contributed by atoms with Crippen molar-refractivity contribution in [2.75, 3.05) is 26.2 Å². The summed E-state index contributed by atoms with van der Waals surface area (Å²) in [5, 5.41) is 3.43. The number of rotatable bonds is 4. The minimum absolute atomic E-state index is 0.768. The Kier molecular flexibility index (Phi) is 6.03. The van der Waals surface area contributed by atoms with E-state index in [9.17, 15) is 0 Å². The van der Waals surface area contributed by atoms with E-state index in [2.05, 4.69) is 41.2 Å². The number of piperidine rings is 1. The molecule has 1 aromatic rings. The number of nitrogens with one attached hydrogen (secondary N) is 1. The van der Waals surface area contributed by atoms with Gasteiger partial charge in [-0.2, -0.15) is 0 Å². The summed E-state index contributed by atoms with van der Waals surface area (Å²) in [4.78, 5) is 11.5. The van der Waals surface area contributed by atoms with Crippen molar-refractivity contribution < 1.29 is 0 Å². The van der Waals surface area contributed by atoms with Crippen LogP contribution in [0.15, 0.2) is 23.3 Å². The second kappa shape index (κ2) is 8.01. The molecule has 2 heterocycles. The minimum atomic E-state index is 0.768. The topological polar surface area (TPSA) is 40.5 Å². The lowest BCUT2D eigenvalue weighted by atomic mass is 10.0. The Morgan fingerprint density at radius 3 is 3.00 bits per heavy atom. The van der Waals surface area contributed by atoms with Gasteiger partial charge in [-0.1, -0.05) is 13.0 Å². The Bertz CT molecular complexity index is 452. The molecule has 1 fully saturated rings. The van der Waals surface area contributed by atoms with Gasteiger partial charge in [0.05, 0.1) is 0 Å². The van der Waals surface area contributed by atoms with E-state index >= 15 is 0 Å². The molecule has 1 atom stereocenters. The molecule has 4 heteroatoms. The zero-order valence-corrected chi connectivity index (χ0v) is 13.6. The van der Waals surface area contributed by atoms with Crippen molar-refractivity contribution in [3.63, 3.8) is 0 Å². The molecule has 21 heavy (non-hydrogen) atoms. The van der Waals surface area contributed by atoms with E-state index in [0.29, 0.717) is 0 Å². The molecule has 0 bridgehead atoms. The molecule has 1 N–H and O–H groups in total. The van der Waals surface area contributed by atoms with Gasteiger partial charge < -0.3 is 10.2 Å². The number of hydrogen-bond donors (Lipinski definition) is 1. The lowest BCUT2D eigenvalue weighted by Crippen LogP contribution is -2.46. The highest BCUT2D eigenvalue weighted by Crippen LogP contribution is 2.15. The third-order valence-electron chi connectivity index (χ3n) is 3.93. The van der Waals surface area contributed by atoms with E-state index in [1.165, 1.54) is 18.4 Å². The van der Waals surface area contributed by atoms with Crippen molar-refractivity contribution in [1.29, 1.82) is 0 Å². The van der Waals surface area contributed by atoms with Crippen molar-refractivity contribution in [3.05, 3.63) is 29.6 Å². The Labute approximate surface area is 128 Å². The first kappa shape index (κ1) is 15.8. The standard InChI is InChI=1S/C17H28N4/c1-4-18-17(21-11-5-6-14(2)13-21)19-10-9-16-8-7-15(3)20-12-16/h7-8,12,14H,4-6,9-11,13H2,1-3H3,(H,18,19). The van der Waals surface area contributed by atoms with Crippen LogP contribution in [0.1, 0.15) is 37.9 Å². The average molecular weight is 288 g/mol. The lowest BCUT2D eigenvalue weighted by Gasteiger charge is -2.33. The highest BCUT2D eigenvalue weighted by atomic mass is 15.3. The second-order valence-electron chi connectivity index (χ2n) is 5.99. The van der Waals surface area contributed by atoms with Crippen LogP contribution in [0.2, 0.25) is 0 Å². The summed E-state index contributed by atoms with van der Waals surface area (Å²) in [6.45, 7) is 10.5. The van der Waals surface area contributed by atoms with Crippen LogP contribution in [0, 0.1) is 12.8 Å². The molecular formula is C17H28N4. The molecule has 0 radical (unpaired) electrons. The van der Waals surface area contributed by atoms with E-state index < -0.39 is 0 Å². The van der Waals surface area contributed by atoms with Crippen LogP contribution in [0.3, 0.4) is 0 Å². The monoisotopic (exact) mass is 288 g/mol. The van der Waals surface area contributed by atoms with E-state index in [1.54, 1.807) is 0 Å². The van der Waals surface area contributed by atoms with Crippen molar-refractivity contribution in [2.45, 2.75) is 40.0 Å². The van der Waals surface area contributed by atoms with Crippen LogP contribution < -0.4 is 5.32 Å². The molecule has 0 aliphatic carbocycles. The van der Waals surface area contributed by atoms with E-state index in [0.717, 1.165) is 50.2 Å². The number of guanidine groups is 1. The SMILES string of the molecule is CCNC(=NCCc1ccc(C)nc1)N1CCCC(C)C1. The summed E-state index contributed by atoms with van der Waals surface area (Å²) < 4.78 is 0. The minimum Gasteiger partial charge on any atom is -0.357 e. The molecule has 1 unspecified atom stereocenters. The zero-order chi connectivity index (χ0) is 15.1. The maximum absolute atomic E-state index is 4.79. The molecule has 1 saturated heterocycles. The van der Waals surface area contributed by atoms with Crippen LogP contribution in [0.4, 0.5) is 0 Å². The van der Waals surface area contributed by atoms with Gasteiger partial charge >= 0.3 is 0 Å². The van der Waals surface area contributed by atoms with Crippen LogP contribution in [0.25, 0.3) is 0 Å². The van der Waals surface area contributed by atoms with E-state index in [4.69, 9.17) is 4.99 Å². The summed E-state index contributed by atoms with van der Waals surface area (Å²) in [7, 11) is 0. The molecule has 1 aliphatic rings. The van der Waals surface area contributed by atoms with E-state index in [-0.39, 0.29) is 0 Å². The Morgan fingerprint density at radius 2 is 2.33 bits per heavy atom. The van der Waals surface area contributed by atoms with Gasteiger partial charge in [-0.3, -0.25) is 9.98 Å². The van der Waals surface area contributed by atoms with Gasteiger partial charge in [0.15, 0.2) is 5.96 Å². The normalized spacial score (nSPS) is 19.7. The van der Waals surface area contributed by atoms with Gasteiger partial charge in [0.2, 0.25) is 0 Å². The molecule has 0 spiro atoms. The molecule has 0 saturated carbocycles. The third kappa shape index (κ3) is 5.03. The molecule has 116 valence electrons. The fraction of sp³-hybridized carbons (Fsp3) is 0.647. The number of hydrogen-bond acceptors (Lipinski definition) is 2. The number of pyridine rings is 1. The molecule has 1 aliphatic heterocycles. The zero-order valence-electron chi connectivity index (χ0n) is 13.6. The lowest BCUT2D eigenvalue weighted by molar-refractivity contribution is 0.266. The molecule has 0 amide bonds. The van der Waals surface area contributed by atoms with Crippen molar-refractivity contribution in [2.24, 2.45) is 10.9 Å². The van der Waals surface area contributed by atoms with Crippen LogP contribution >= 0.6 is 0 Å². The van der Waals surface area contributed by atoms with Gasteiger partial charge in [0, 0.05) is 38.1 Å². The maximum atomic E-state index is 4.79. The van der Waals surface area contributed by atoms with Crippen molar-refractivity contribution in [1.82, 2.24) is 15.2 Å². The second-order valence-corrected chi connectivity index (χ2v) is 5.99. The molecular weight excluding hydrogens is 260 g/mol. The highest BCUT2D eigenvalue weighted by Gasteiger charge is 2.18. The first-order valence-corrected chi connectivity index (χ1v) is 8.14. The predicted molar refractivity (Wildman–Crippen MR) is 88.6 cm³/mol. The molecule has 1 aromatic heterocycles. The fourth-order valence-corrected chi connectivity index (χ4v) is 2.74. The Hall–Kier alpha value is -1.58. The number of likely N-dealkylation sites (tertiary alicyclic amines) is 1. The number of aliphatic imine (C=N–C) groups is 1. The van der Waals surface area contributed by atoms with Crippen molar-refractivity contribution in [3.8, 4) is 0 Å². The smallest absolute Gasteiger partial charge is 0.193 e. The van der Waals surface area contributed by atoms with Gasteiger partial charge in [0.1, 0.15) is 0 Å². The summed E-state index contributed by atoms with van der Waals surface area (Å²) in [5.41, 5.74) is 2.32. The molecule has 2 rings (SSSR count). The van der Waals surface area contributed by atoms with Gasteiger partial charge in [-0.05, 0) is 50.7 Å². The number of aryl methyl sites for hydroxylation is 1. The van der Waals surface area contributed by atoms with Crippen molar-refractivity contribution >= 4 is 5.96 Å². The van der Waals surface area contributed by atoms with Gasteiger partial charge in [-0.25, -0.2) is 0 Å². The number of aromatic nitrogens is 1. The third-order valence-corrected chi connectivity index (χ3v) is 3.93. The summed E-state index contributed by atoms with van der Waals surface area (Å²) in [6, 6.07) is 4.21. The van der Waals surface area contributed by atoms with Crippen LogP contribution in [-0.4, -0.2) is 42.0 Å².